The minimum Gasteiger partial charge on any atom is -0.269 e. The summed E-state index contributed by atoms with van der Waals surface area (Å²) in [4.78, 5) is 10.7. The molecule has 0 aliphatic rings. The predicted octanol–water partition coefficient (Wildman–Crippen LogP) is 0.152. The van der Waals surface area contributed by atoms with Crippen LogP contribution in [0.25, 0.3) is 0 Å². The maximum absolute atomic E-state index is 10.7. The standard InChI is InChI=1S/C6H9NO3S/c1-4-11(9,10)7-6(8)5(2)3/h4H,1-2H2,3H3,(H,7,8). The minimum atomic E-state index is -3.66. The lowest BCUT2D eigenvalue weighted by Gasteiger charge is -1.99. The molecule has 0 rings (SSSR count). The van der Waals surface area contributed by atoms with E-state index in [2.05, 4.69) is 13.2 Å². The van der Waals surface area contributed by atoms with Crippen LogP contribution in [0.3, 0.4) is 0 Å². The van der Waals surface area contributed by atoms with Gasteiger partial charge in [-0.2, -0.15) is 0 Å². The van der Waals surface area contributed by atoms with E-state index in [1.807, 2.05) is 0 Å². The highest BCUT2D eigenvalue weighted by Crippen LogP contribution is 1.90. The zero-order chi connectivity index (χ0) is 9.07. The summed E-state index contributed by atoms with van der Waals surface area (Å²) in [5.74, 6) is -0.718. The Morgan fingerprint density at radius 1 is 1.55 bits per heavy atom. The van der Waals surface area contributed by atoms with E-state index in [1.54, 1.807) is 4.72 Å². The van der Waals surface area contributed by atoms with E-state index < -0.39 is 15.9 Å². The summed E-state index contributed by atoms with van der Waals surface area (Å²) in [5, 5.41) is 0.661. The molecule has 0 atom stereocenters. The number of carbonyl (C=O) groups is 1. The fourth-order valence-electron chi connectivity index (χ4n) is 0.258. The van der Waals surface area contributed by atoms with Gasteiger partial charge in [-0.3, -0.25) is 4.79 Å². The lowest BCUT2D eigenvalue weighted by atomic mass is 10.3. The van der Waals surface area contributed by atoms with Gasteiger partial charge in [0.25, 0.3) is 15.9 Å². The molecule has 0 aliphatic heterocycles. The minimum absolute atomic E-state index is 0.135. The SMILES string of the molecule is C=CS(=O)(=O)NC(=O)C(=C)C. The largest absolute Gasteiger partial charge is 0.269 e. The van der Waals surface area contributed by atoms with Crippen LogP contribution in [0, 0.1) is 0 Å². The molecule has 0 aromatic heterocycles. The van der Waals surface area contributed by atoms with Gasteiger partial charge in [-0.1, -0.05) is 13.2 Å². The first kappa shape index (κ1) is 9.90. The first-order valence-electron chi connectivity index (χ1n) is 2.74. The molecule has 0 radical (unpaired) electrons. The Morgan fingerprint density at radius 2 is 2.00 bits per heavy atom. The van der Waals surface area contributed by atoms with Crippen molar-refractivity contribution in [2.75, 3.05) is 0 Å². The second kappa shape index (κ2) is 3.34. The molecule has 0 heterocycles. The molecule has 0 fully saturated rings. The van der Waals surface area contributed by atoms with Crippen LogP contribution in [-0.4, -0.2) is 14.3 Å². The van der Waals surface area contributed by atoms with Gasteiger partial charge in [0.2, 0.25) is 0 Å². The number of nitrogens with one attached hydrogen (secondary N) is 1. The van der Waals surface area contributed by atoms with Gasteiger partial charge in [-0.25, -0.2) is 13.1 Å². The third-order valence-electron chi connectivity index (χ3n) is 0.842. The van der Waals surface area contributed by atoms with Crippen LogP contribution >= 0.6 is 0 Å². The van der Waals surface area contributed by atoms with Crippen molar-refractivity contribution in [1.29, 1.82) is 0 Å². The molecular weight excluding hydrogens is 166 g/mol. The first-order valence-corrected chi connectivity index (χ1v) is 4.29. The van der Waals surface area contributed by atoms with Crippen molar-refractivity contribution in [1.82, 2.24) is 4.72 Å². The predicted molar refractivity (Wildman–Crippen MR) is 42.1 cm³/mol. The summed E-state index contributed by atoms with van der Waals surface area (Å²) in [6, 6.07) is 0. The maximum atomic E-state index is 10.7. The van der Waals surface area contributed by atoms with E-state index in [1.165, 1.54) is 6.92 Å². The fourth-order valence-corrected chi connectivity index (χ4v) is 0.774. The first-order chi connectivity index (χ1) is 4.89. The molecule has 1 amide bonds. The van der Waals surface area contributed by atoms with E-state index >= 15 is 0 Å². The van der Waals surface area contributed by atoms with E-state index in [-0.39, 0.29) is 5.57 Å². The molecule has 0 saturated carbocycles. The van der Waals surface area contributed by atoms with Crippen LogP contribution in [0.1, 0.15) is 6.92 Å². The van der Waals surface area contributed by atoms with Crippen molar-refractivity contribution in [3.05, 3.63) is 24.1 Å². The Kier molecular flexibility index (Phi) is 3.00. The van der Waals surface area contributed by atoms with Crippen LogP contribution in [-0.2, 0) is 14.8 Å². The molecule has 1 N–H and O–H groups in total. The van der Waals surface area contributed by atoms with Crippen molar-refractivity contribution in [2.24, 2.45) is 0 Å². The third-order valence-corrected chi connectivity index (χ3v) is 1.75. The van der Waals surface area contributed by atoms with E-state index in [0.29, 0.717) is 5.41 Å². The van der Waals surface area contributed by atoms with Gasteiger partial charge < -0.3 is 0 Å². The molecule has 0 aromatic carbocycles. The Labute approximate surface area is 65.7 Å². The molecule has 0 aromatic rings. The molecular formula is C6H9NO3S. The Balaban J connectivity index is 4.41. The summed E-state index contributed by atoms with van der Waals surface area (Å²) in [7, 11) is -3.66. The highest BCUT2D eigenvalue weighted by atomic mass is 32.2. The summed E-state index contributed by atoms with van der Waals surface area (Å²) >= 11 is 0. The van der Waals surface area contributed by atoms with Crippen LogP contribution in [0.2, 0.25) is 0 Å². The second-order valence-corrected chi connectivity index (χ2v) is 3.55. The van der Waals surface area contributed by atoms with E-state index in [9.17, 15) is 13.2 Å². The molecule has 0 saturated heterocycles. The number of carbonyl (C=O) groups excluding carboxylic acids is 1. The molecule has 5 heteroatoms. The van der Waals surface area contributed by atoms with Crippen molar-refractivity contribution in [2.45, 2.75) is 6.92 Å². The number of rotatable bonds is 3. The molecule has 0 bridgehead atoms. The van der Waals surface area contributed by atoms with Crippen molar-refractivity contribution < 1.29 is 13.2 Å². The molecule has 11 heavy (non-hydrogen) atoms. The third kappa shape index (κ3) is 3.57. The highest BCUT2D eigenvalue weighted by molar-refractivity contribution is 7.92. The summed E-state index contributed by atoms with van der Waals surface area (Å²) < 4.78 is 23.0. The van der Waals surface area contributed by atoms with E-state index in [0.717, 1.165) is 0 Å². The lowest BCUT2D eigenvalue weighted by Crippen LogP contribution is -2.28. The summed E-state index contributed by atoms with van der Waals surface area (Å²) in [6.07, 6.45) is 0. The van der Waals surface area contributed by atoms with Crippen molar-refractivity contribution >= 4 is 15.9 Å². The Hall–Kier alpha value is -1.10. The van der Waals surface area contributed by atoms with Gasteiger partial charge >= 0.3 is 0 Å². The Morgan fingerprint density at radius 3 is 2.27 bits per heavy atom. The fraction of sp³-hybridized carbons (Fsp3) is 0.167. The van der Waals surface area contributed by atoms with Crippen LogP contribution in [0.4, 0.5) is 0 Å². The lowest BCUT2D eigenvalue weighted by molar-refractivity contribution is -0.115. The zero-order valence-electron chi connectivity index (χ0n) is 6.12. The van der Waals surface area contributed by atoms with Gasteiger partial charge in [0.1, 0.15) is 0 Å². The number of hydrogen-bond donors (Lipinski definition) is 1. The normalized spacial score (nSPS) is 10.3. The molecule has 0 unspecified atom stereocenters. The van der Waals surface area contributed by atoms with Crippen molar-refractivity contribution in [3.8, 4) is 0 Å². The Bertz CT molecular complexity index is 289. The van der Waals surface area contributed by atoms with Gasteiger partial charge in [0.05, 0.1) is 0 Å². The average Bonchev–Trinajstić information content (AvgIpc) is 1.87. The molecule has 4 nitrogen and oxygen atoms in total. The summed E-state index contributed by atoms with van der Waals surface area (Å²) in [6.45, 7) is 7.69. The quantitative estimate of drug-likeness (QED) is 0.621. The van der Waals surface area contributed by atoms with Gasteiger partial charge in [-0.05, 0) is 6.92 Å². The van der Waals surface area contributed by atoms with Crippen LogP contribution < -0.4 is 4.72 Å². The number of sulfonamides is 1. The van der Waals surface area contributed by atoms with Gasteiger partial charge in [0, 0.05) is 11.0 Å². The zero-order valence-corrected chi connectivity index (χ0v) is 6.94. The number of hydrogen-bond acceptors (Lipinski definition) is 3. The van der Waals surface area contributed by atoms with Gasteiger partial charge in [-0.15, -0.1) is 0 Å². The van der Waals surface area contributed by atoms with Crippen LogP contribution in [0.5, 0.6) is 0 Å². The monoisotopic (exact) mass is 175 g/mol. The maximum Gasteiger partial charge on any atom is 0.260 e. The smallest absolute Gasteiger partial charge is 0.260 e. The number of amides is 1. The van der Waals surface area contributed by atoms with Gasteiger partial charge in [0.15, 0.2) is 0 Å². The molecule has 0 spiro atoms. The average molecular weight is 175 g/mol. The molecule has 62 valence electrons. The molecule has 0 aliphatic carbocycles. The topological polar surface area (TPSA) is 63.2 Å². The second-order valence-electron chi connectivity index (χ2n) is 1.92. The summed E-state index contributed by atoms with van der Waals surface area (Å²) in [5.41, 5.74) is 0.135. The van der Waals surface area contributed by atoms with Crippen LogP contribution in [0.15, 0.2) is 24.1 Å². The van der Waals surface area contributed by atoms with E-state index in [4.69, 9.17) is 0 Å². The van der Waals surface area contributed by atoms with Crippen molar-refractivity contribution in [3.63, 3.8) is 0 Å². The highest BCUT2D eigenvalue weighted by Gasteiger charge is 2.09.